The van der Waals surface area contributed by atoms with Gasteiger partial charge >= 0.3 is 11.9 Å². The Bertz CT molecular complexity index is 459. The number of aliphatic hydroxyl groups excluding tert-OH is 3. The van der Waals surface area contributed by atoms with Gasteiger partial charge in [0.1, 0.15) is 38.0 Å². The molecule has 7 N–H and O–H groups in total. The lowest BCUT2D eigenvalue weighted by molar-refractivity contribution is -1.05. The van der Waals surface area contributed by atoms with Gasteiger partial charge < -0.3 is 39.9 Å². The molecule has 0 aromatic rings. The van der Waals surface area contributed by atoms with E-state index in [9.17, 15) is 35.3 Å². The quantitative estimate of drug-likeness (QED) is 0.146. The first-order valence-electron chi connectivity index (χ1n) is 7.60. The molecule has 14 heteroatoms. The molecule has 14 nitrogen and oxygen atoms in total. The molecule has 0 spiro atoms. The van der Waals surface area contributed by atoms with E-state index in [-0.39, 0.29) is 0 Å². The topological polar surface area (TPSA) is 218 Å². The molecule has 1 saturated heterocycles. The van der Waals surface area contributed by atoms with Gasteiger partial charge in [-0.1, -0.05) is 0 Å². The smallest absolute Gasteiger partial charge is 0.312 e. The molecule has 0 radical (unpaired) electrons. The van der Waals surface area contributed by atoms with Gasteiger partial charge in [0.15, 0.2) is 12.4 Å². The monoisotopic (exact) mass is 386 g/mol. The van der Waals surface area contributed by atoms with E-state index in [1.54, 1.807) is 0 Å². The van der Waals surface area contributed by atoms with Gasteiger partial charge in [-0.3, -0.25) is 9.59 Å². The Kier molecular flexibility index (Phi) is 9.23. The van der Waals surface area contributed by atoms with Crippen molar-refractivity contribution >= 4 is 11.9 Å². The van der Waals surface area contributed by atoms with E-state index in [1.165, 1.54) is 0 Å². The van der Waals surface area contributed by atoms with Crippen LogP contribution in [0.3, 0.4) is 0 Å². The highest BCUT2D eigenvalue weighted by atomic mass is 16.8. The van der Waals surface area contributed by atoms with Crippen LogP contribution in [0.5, 0.6) is 0 Å². The number of quaternary nitrogens is 2. The molecule has 0 aromatic carbocycles. The highest BCUT2D eigenvalue weighted by Gasteiger charge is 2.46. The molecule has 152 valence electrons. The third-order valence-corrected chi connectivity index (χ3v) is 3.42. The lowest BCUT2D eigenvalue weighted by Crippen LogP contribution is -3.04. The SMILES string of the molecule is O=C(CC[NH+]([O-])O)OC[C@H]1O[C@H](O)[C@H](OC(=O)CC[NH+]([O-])O)[C@H](O)[C@@H]1O. The Labute approximate surface area is 146 Å². The zero-order valence-electron chi connectivity index (χ0n) is 13.5. The summed E-state index contributed by atoms with van der Waals surface area (Å²) in [5.74, 6) is -1.90. The van der Waals surface area contributed by atoms with Crippen LogP contribution in [-0.4, -0.2) is 88.1 Å². The minimum atomic E-state index is -1.86. The van der Waals surface area contributed by atoms with Gasteiger partial charge in [0.2, 0.25) is 0 Å². The molecule has 1 aliphatic heterocycles. The zero-order chi connectivity index (χ0) is 19.9. The predicted molar refractivity (Wildman–Crippen MR) is 74.9 cm³/mol. The number of nitrogens with one attached hydrogen (secondary N) is 2. The van der Waals surface area contributed by atoms with Gasteiger partial charge in [0, 0.05) is 0 Å². The summed E-state index contributed by atoms with van der Waals surface area (Å²) in [6, 6.07) is 0. The summed E-state index contributed by atoms with van der Waals surface area (Å²) in [6.07, 6.45) is -9.25. The number of esters is 2. The lowest BCUT2D eigenvalue weighted by atomic mass is 9.99. The first-order chi connectivity index (χ1) is 12.1. The molecule has 0 aliphatic carbocycles. The van der Waals surface area contributed by atoms with Gasteiger partial charge in [-0.2, -0.15) is 0 Å². The fourth-order valence-electron chi connectivity index (χ4n) is 2.06. The second kappa shape index (κ2) is 10.6. The number of carbonyl (C=O) groups excluding carboxylic acids is 2. The van der Waals surface area contributed by atoms with Crippen molar-refractivity contribution in [3.8, 4) is 0 Å². The van der Waals surface area contributed by atoms with E-state index >= 15 is 0 Å². The summed E-state index contributed by atoms with van der Waals surface area (Å²) in [5.41, 5.74) is 0. The van der Waals surface area contributed by atoms with Crippen LogP contribution in [-0.2, 0) is 23.8 Å². The van der Waals surface area contributed by atoms with Crippen molar-refractivity contribution in [2.24, 2.45) is 0 Å². The Morgan fingerprint density at radius 1 is 0.962 bits per heavy atom. The fraction of sp³-hybridized carbons (Fsp3) is 0.833. The van der Waals surface area contributed by atoms with Crippen molar-refractivity contribution in [1.82, 2.24) is 0 Å². The van der Waals surface area contributed by atoms with Crippen LogP contribution in [0.15, 0.2) is 0 Å². The largest absolute Gasteiger partial charge is 0.600 e. The molecule has 0 aromatic heterocycles. The maximum atomic E-state index is 11.5. The minimum absolute atomic E-state index is 0.410. The summed E-state index contributed by atoms with van der Waals surface area (Å²) in [5, 5.41) is 64.9. The Hall–Kier alpha value is -1.46. The Morgan fingerprint density at radius 3 is 2.04 bits per heavy atom. The molecule has 0 bridgehead atoms. The van der Waals surface area contributed by atoms with Gasteiger partial charge in [-0.05, 0) is 0 Å². The van der Waals surface area contributed by atoms with E-state index in [0.29, 0.717) is 0 Å². The first-order valence-corrected chi connectivity index (χ1v) is 7.60. The number of carbonyl (C=O) groups is 2. The highest BCUT2D eigenvalue weighted by molar-refractivity contribution is 5.70. The molecule has 0 saturated carbocycles. The standard InChI is InChI=1S/C12H22N2O12/c15-7(1-3-13(20)21)24-5-6-9(17)10(18)11(12(19)25-6)26-8(16)2-4-14(22)23/h6,9-14,17-20,22H,1-5H2/t6-,9-,10-,11-,12+/m1/s1. The highest BCUT2D eigenvalue weighted by Crippen LogP contribution is 2.23. The summed E-state index contributed by atoms with van der Waals surface area (Å²) < 4.78 is 14.4. The van der Waals surface area contributed by atoms with E-state index in [2.05, 4.69) is 0 Å². The molecule has 1 rings (SSSR count). The summed E-state index contributed by atoms with van der Waals surface area (Å²) in [4.78, 5) is 22.8. The van der Waals surface area contributed by atoms with Gasteiger partial charge in [0.05, 0.1) is 12.8 Å². The van der Waals surface area contributed by atoms with Crippen molar-refractivity contribution in [3.63, 3.8) is 0 Å². The molecule has 26 heavy (non-hydrogen) atoms. The van der Waals surface area contributed by atoms with Crippen LogP contribution in [0.25, 0.3) is 0 Å². The van der Waals surface area contributed by atoms with Crippen molar-refractivity contribution in [1.29, 1.82) is 0 Å². The normalized spacial score (nSPS) is 31.1. The third-order valence-electron chi connectivity index (χ3n) is 3.42. The van der Waals surface area contributed by atoms with Crippen LogP contribution in [0.2, 0.25) is 0 Å². The second-order valence-electron chi connectivity index (χ2n) is 5.47. The van der Waals surface area contributed by atoms with Crippen LogP contribution in [0.4, 0.5) is 0 Å². The lowest BCUT2D eigenvalue weighted by Gasteiger charge is -2.39. The zero-order valence-corrected chi connectivity index (χ0v) is 13.5. The van der Waals surface area contributed by atoms with E-state index in [4.69, 9.17) is 24.6 Å². The number of hydrogen-bond donors (Lipinski definition) is 7. The summed E-state index contributed by atoms with van der Waals surface area (Å²) in [6.45, 7) is -1.55. The van der Waals surface area contributed by atoms with Crippen LogP contribution in [0, 0.1) is 10.4 Å². The van der Waals surface area contributed by atoms with Crippen LogP contribution < -0.4 is 10.5 Å². The fourth-order valence-corrected chi connectivity index (χ4v) is 2.06. The molecule has 1 heterocycles. The molecule has 1 aliphatic rings. The summed E-state index contributed by atoms with van der Waals surface area (Å²) in [7, 11) is 0. The molecule has 2 unspecified atom stereocenters. The third kappa shape index (κ3) is 7.42. The van der Waals surface area contributed by atoms with Gasteiger partial charge in [-0.15, -0.1) is 0 Å². The maximum Gasteiger partial charge on any atom is 0.312 e. The Balaban J connectivity index is 2.49. The number of ether oxygens (including phenoxy) is 3. The maximum absolute atomic E-state index is 11.5. The Morgan fingerprint density at radius 2 is 1.50 bits per heavy atom. The number of aliphatic hydroxyl groups is 3. The van der Waals surface area contributed by atoms with Crippen LogP contribution >= 0.6 is 0 Å². The number of hydroxylamine groups is 4. The second-order valence-corrected chi connectivity index (χ2v) is 5.47. The molecule has 0 amide bonds. The van der Waals surface area contributed by atoms with Gasteiger partial charge in [-0.25, -0.2) is 20.9 Å². The predicted octanol–water partition coefficient (Wildman–Crippen LogP) is -5.80. The van der Waals surface area contributed by atoms with Crippen molar-refractivity contribution in [2.75, 3.05) is 19.7 Å². The average Bonchev–Trinajstić information content (AvgIpc) is 2.56. The minimum Gasteiger partial charge on any atom is -0.600 e. The van der Waals surface area contributed by atoms with E-state index < -0.39 is 85.6 Å². The molecule has 7 atom stereocenters. The van der Waals surface area contributed by atoms with Crippen molar-refractivity contribution in [2.45, 2.75) is 43.5 Å². The van der Waals surface area contributed by atoms with E-state index in [1.807, 2.05) is 0 Å². The molecular formula is C12H22N2O12. The molecule has 1 fully saturated rings. The average molecular weight is 386 g/mol. The molecular weight excluding hydrogens is 364 g/mol. The first kappa shape index (κ1) is 22.6. The number of rotatable bonds is 9. The van der Waals surface area contributed by atoms with Crippen molar-refractivity contribution in [3.05, 3.63) is 10.4 Å². The van der Waals surface area contributed by atoms with Gasteiger partial charge in [0.25, 0.3) is 0 Å². The number of hydrogen-bond acceptors (Lipinski definition) is 12. The van der Waals surface area contributed by atoms with Crippen LogP contribution in [0.1, 0.15) is 12.8 Å². The summed E-state index contributed by atoms with van der Waals surface area (Å²) >= 11 is 0. The van der Waals surface area contributed by atoms with E-state index in [0.717, 1.165) is 0 Å². The van der Waals surface area contributed by atoms with Crippen molar-refractivity contribution < 1.29 is 60.0 Å².